The second-order valence-electron chi connectivity index (χ2n) is 5.39. The first kappa shape index (κ1) is 17.1. The van der Waals surface area contributed by atoms with Crippen LogP contribution in [0.15, 0.2) is 24.3 Å². The van der Waals surface area contributed by atoms with Gasteiger partial charge in [-0.3, -0.25) is 4.79 Å². The van der Waals surface area contributed by atoms with Crippen LogP contribution in [0.25, 0.3) is 0 Å². The lowest BCUT2D eigenvalue weighted by molar-refractivity contribution is -0.142. The Bertz CT molecular complexity index is 499. The van der Waals surface area contributed by atoms with Crippen LogP contribution in [0.2, 0.25) is 5.02 Å². The van der Waals surface area contributed by atoms with Gasteiger partial charge in [-0.25, -0.2) is 0 Å². The number of carbonyl (C=O) groups is 1. The van der Waals surface area contributed by atoms with Gasteiger partial charge in [0.1, 0.15) is 0 Å². The zero-order valence-electron chi connectivity index (χ0n) is 12.0. The van der Waals surface area contributed by atoms with Crippen LogP contribution in [0, 0.1) is 0 Å². The smallest absolute Gasteiger partial charge is 0.342 e. The van der Waals surface area contributed by atoms with E-state index in [1.165, 1.54) is 0 Å². The van der Waals surface area contributed by atoms with E-state index in [-0.39, 0.29) is 12.5 Å². The fourth-order valence-electron chi connectivity index (χ4n) is 2.52. The molecule has 1 fully saturated rings. The zero-order chi connectivity index (χ0) is 16.2. The van der Waals surface area contributed by atoms with Crippen LogP contribution in [-0.2, 0) is 4.79 Å². The molecule has 3 nitrogen and oxygen atoms in total. The summed E-state index contributed by atoms with van der Waals surface area (Å²) in [4.78, 5) is 13.6. The maximum atomic E-state index is 12.7. The molecule has 1 heterocycles. The van der Waals surface area contributed by atoms with Gasteiger partial charge in [-0.1, -0.05) is 23.7 Å². The molecule has 1 amide bonds. The first-order valence-electron chi connectivity index (χ1n) is 7.18. The van der Waals surface area contributed by atoms with E-state index in [0.29, 0.717) is 23.7 Å². The van der Waals surface area contributed by atoms with Crippen molar-refractivity contribution >= 4 is 17.5 Å². The van der Waals surface area contributed by atoms with E-state index in [9.17, 15) is 18.0 Å². The van der Waals surface area contributed by atoms with Gasteiger partial charge < -0.3 is 10.2 Å². The maximum absolute atomic E-state index is 12.7. The van der Waals surface area contributed by atoms with Gasteiger partial charge in [0.15, 0.2) is 0 Å². The lowest BCUT2D eigenvalue weighted by atomic mass is 10.0. The fourth-order valence-corrected chi connectivity index (χ4v) is 2.65. The monoisotopic (exact) mass is 334 g/mol. The van der Waals surface area contributed by atoms with Crippen molar-refractivity contribution in [1.82, 2.24) is 10.2 Å². The Morgan fingerprint density at radius 1 is 1.23 bits per heavy atom. The third-order valence-electron chi connectivity index (χ3n) is 3.67. The van der Waals surface area contributed by atoms with Gasteiger partial charge in [0, 0.05) is 24.2 Å². The van der Waals surface area contributed by atoms with Gasteiger partial charge in [-0.15, -0.1) is 0 Å². The molecular weight excluding hydrogens is 317 g/mol. The molecule has 1 aromatic carbocycles. The molecule has 1 aliphatic heterocycles. The highest BCUT2D eigenvalue weighted by atomic mass is 35.5. The van der Waals surface area contributed by atoms with Gasteiger partial charge in [0.05, 0.1) is 13.0 Å². The summed E-state index contributed by atoms with van der Waals surface area (Å²) in [5.41, 5.74) is 0.468. The summed E-state index contributed by atoms with van der Waals surface area (Å²) in [6.45, 7) is 1.28. The number of amides is 1. The molecule has 0 saturated carbocycles. The summed E-state index contributed by atoms with van der Waals surface area (Å²) in [6.07, 6.45) is -3.43. The van der Waals surface area contributed by atoms with Crippen LogP contribution in [-0.4, -0.2) is 36.6 Å². The molecule has 0 spiro atoms. The lowest BCUT2D eigenvalue weighted by Crippen LogP contribution is -2.38. The topological polar surface area (TPSA) is 32.3 Å². The van der Waals surface area contributed by atoms with Crippen molar-refractivity contribution in [3.63, 3.8) is 0 Å². The van der Waals surface area contributed by atoms with Crippen molar-refractivity contribution < 1.29 is 18.0 Å². The number of nitrogens with one attached hydrogen (secondary N) is 1. The molecule has 0 aromatic heterocycles. The van der Waals surface area contributed by atoms with Crippen LogP contribution >= 0.6 is 11.6 Å². The Labute approximate surface area is 132 Å². The molecule has 1 aliphatic rings. The normalized spacial score (nSPS) is 16.8. The summed E-state index contributed by atoms with van der Waals surface area (Å²) in [5, 5.41) is 3.20. The quantitative estimate of drug-likeness (QED) is 0.893. The van der Waals surface area contributed by atoms with Crippen LogP contribution < -0.4 is 5.32 Å². The number of benzene rings is 1. The fraction of sp³-hybridized carbons (Fsp3) is 0.533. The molecule has 1 saturated heterocycles. The van der Waals surface area contributed by atoms with E-state index in [4.69, 9.17) is 11.6 Å². The number of hydrogen-bond acceptors (Lipinski definition) is 2. The van der Waals surface area contributed by atoms with Gasteiger partial charge in [0.25, 0.3) is 0 Å². The van der Waals surface area contributed by atoms with Crippen LogP contribution in [0.5, 0.6) is 0 Å². The molecule has 0 aliphatic carbocycles. The van der Waals surface area contributed by atoms with E-state index in [2.05, 4.69) is 5.32 Å². The molecule has 1 N–H and O–H groups in total. The molecule has 0 bridgehead atoms. The molecule has 1 aromatic rings. The van der Waals surface area contributed by atoms with Crippen molar-refractivity contribution in [2.24, 2.45) is 0 Å². The molecule has 0 unspecified atom stereocenters. The van der Waals surface area contributed by atoms with Crippen molar-refractivity contribution in [3.05, 3.63) is 34.9 Å². The number of rotatable bonds is 5. The Hall–Kier alpha value is -1.27. The summed E-state index contributed by atoms with van der Waals surface area (Å²) in [6, 6.07) is 5.23. The van der Waals surface area contributed by atoms with Crippen LogP contribution in [0.4, 0.5) is 13.2 Å². The number of alkyl halides is 3. The average Bonchev–Trinajstić information content (AvgIpc) is 2.97. The number of carbonyl (C=O) groups excluding carboxylic acids is 1. The minimum Gasteiger partial charge on any atom is -0.342 e. The predicted octanol–water partition coefficient (Wildman–Crippen LogP) is 3.55. The summed E-state index contributed by atoms with van der Waals surface area (Å²) in [7, 11) is 0. The molecule has 2 rings (SSSR count). The largest absolute Gasteiger partial charge is 0.390 e. The molecule has 0 radical (unpaired) electrons. The van der Waals surface area contributed by atoms with Crippen LogP contribution in [0.1, 0.15) is 30.9 Å². The van der Waals surface area contributed by atoms with E-state index < -0.39 is 18.6 Å². The van der Waals surface area contributed by atoms with Crippen LogP contribution in [0.3, 0.4) is 0 Å². The number of hydrogen-bond donors (Lipinski definition) is 1. The third-order valence-corrected chi connectivity index (χ3v) is 3.92. The maximum Gasteiger partial charge on any atom is 0.390 e. The summed E-state index contributed by atoms with van der Waals surface area (Å²) < 4.78 is 38.2. The second kappa shape index (κ2) is 7.33. The van der Waals surface area contributed by atoms with Gasteiger partial charge >= 0.3 is 6.18 Å². The van der Waals surface area contributed by atoms with Crippen molar-refractivity contribution in [1.29, 1.82) is 0 Å². The first-order valence-corrected chi connectivity index (χ1v) is 7.56. The Balaban J connectivity index is 2.01. The van der Waals surface area contributed by atoms with Gasteiger partial charge in [0.2, 0.25) is 5.91 Å². The van der Waals surface area contributed by atoms with Gasteiger partial charge in [-0.05, 0) is 30.5 Å². The Kier molecular flexibility index (Phi) is 5.69. The minimum atomic E-state index is -4.31. The Morgan fingerprint density at radius 2 is 1.82 bits per heavy atom. The zero-order valence-corrected chi connectivity index (χ0v) is 12.8. The summed E-state index contributed by atoms with van der Waals surface area (Å²) >= 11 is 5.76. The Morgan fingerprint density at radius 3 is 2.36 bits per heavy atom. The van der Waals surface area contributed by atoms with E-state index >= 15 is 0 Å². The minimum absolute atomic E-state index is 0.0939. The molecule has 22 heavy (non-hydrogen) atoms. The predicted molar refractivity (Wildman–Crippen MR) is 78.7 cm³/mol. The second-order valence-corrected chi connectivity index (χ2v) is 5.83. The highest BCUT2D eigenvalue weighted by molar-refractivity contribution is 6.30. The van der Waals surface area contributed by atoms with E-state index in [1.807, 2.05) is 0 Å². The number of halogens is 4. The number of likely N-dealkylation sites (tertiary alicyclic amines) is 1. The average molecular weight is 335 g/mol. The standard InChI is InChI=1S/C15H18ClF3N2O/c16-12-5-3-11(4-6-12)13(9-15(17,18)19)20-10-14(22)21-7-1-2-8-21/h3-6,13,20H,1-2,7-10H2/t13-/m0/s1. The molecule has 122 valence electrons. The highest BCUT2D eigenvalue weighted by Crippen LogP contribution is 2.30. The summed E-state index contributed by atoms with van der Waals surface area (Å²) in [5.74, 6) is -0.154. The first-order chi connectivity index (χ1) is 10.3. The number of nitrogens with zero attached hydrogens (tertiary/aromatic N) is 1. The van der Waals surface area contributed by atoms with E-state index in [0.717, 1.165) is 12.8 Å². The molecule has 1 atom stereocenters. The van der Waals surface area contributed by atoms with Crippen molar-refractivity contribution in [2.75, 3.05) is 19.6 Å². The van der Waals surface area contributed by atoms with E-state index in [1.54, 1.807) is 29.2 Å². The third kappa shape index (κ3) is 5.18. The van der Waals surface area contributed by atoms with Crippen molar-refractivity contribution in [3.8, 4) is 0 Å². The lowest BCUT2D eigenvalue weighted by Gasteiger charge is -2.22. The SMILES string of the molecule is O=C(CN[C@@H](CC(F)(F)F)c1ccc(Cl)cc1)N1CCCC1. The molecule has 7 heteroatoms. The highest BCUT2D eigenvalue weighted by Gasteiger charge is 2.33. The van der Waals surface area contributed by atoms with Gasteiger partial charge in [-0.2, -0.15) is 13.2 Å². The van der Waals surface area contributed by atoms with Crippen molar-refractivity contribution in [2.45, 2.75) is 31.5 Å². The molecular formula is C15H18ClF3N2O.